The molecule has 0 atom stereocenters. The summed E-state index contributed by atoms with van der Waals surface area (Å²) in [6.07, 6.45) is 1.58. The van der Waals surface area contributed by atoms with Gasteiger partial charge in [-0.3, -0.25) is 4.68 Å². The van der Waals surface area contributed by atoms with Gasteiger partial charge in [0.1, 0.15) is 5.75 Å². The van der Waals surface area contributed by atoms with Crippen molar-refractivity contribution in [3.05, 3.63) is 58.7 Å². The van der Waals surface area contributed by atoms with Crippen molar-refractivity contribution < 1.29 is 14.6 Å². The molecular weight excluding hydrogens is 352 g/mol. The second-order valence-corrected chi connectivity index (χ2v) is 7.88. The molecule has 0 saturated carbocycles. The van der Waals surface area contributed by atoms with Gasteiger partial charge in [-0.2, -0.15) is 5.10 Å². The highest BCUT2D eigenvalue weighted by Gasteiger charge is 2.16. The van der Waals surface area contributed by atoms with Crippen LogP contribution in [0.25, 0.3) is 10.9 Å². The van der Waals surface area contributed by atoms with Gasteiger partial charge >= 0.3 is 5.97 Å². The van der Waals surface area contributed by atoms with Gasteiger partial charge in [0.05, 0.1) is 30.4 Å². The molecule has 1 aromatic heterocycles. The number of ether oxygens (including phenoxy) is 1. The molecule has 26 heavy (non-hydrogen) atoms. The highest BCUT2D eigenvalue weighted by atomic mass is 35.5. The van der Waals surface area contributed by atoms with Crippen LogP contribution in [-0.4, -0.2) is 27.5 Å². The minimum absolute atomic E-state index is 0.0334. The van der Waals surface area contributed by atoms with Crippen molar-refractivity contribution in [1.29, 1.82) is 0 Å². The molecule has 2 aromatic carbocycles. The van der Waals surface area contributed by atoms with Crippen LogP contribution in [-0.2, 0) is 6.54 Å². The van der Waals surface area contributed by atoms with Crippen molar-refractivity contribution in [1.82, 2.24) is 9.78 Å². The van der Waals surface area contributed by atoms with Crippen molar-refractivity contribution in [2.24, 2.45) is 5.41 Å². The van der Waals surface area contributed by atoms with Crippen LogP contribution >= 0.6 is 11.6 Å². The Morgan fingerprint density at radius 2 is 2.04 bits per heavy atom. The van der Waals surface area contributed by atoms with Gasteiger partial charge in [0.15, 0.2) is 0 Å². The van der Waals surface area contributed by atoms with Gasteiger partial charge in [0.2, 0.25) is 0 Å². The molecule has 0 aliphatic heterocycles. The Balaban J connectivity index is 1.96. The molecule has 0 aliphatic carbocycles. The number of hydrogen-bond donors (Lipinski definition) is 1. The quantitative estimate of drug-likeness (QED) is 0.694. The van der Waals surface area contributed by atoms with Gasteiger partial charge in [0.25, 0.3) is 0 Å². The van der Waals surface area contributed by atoms with Crippen LogP contribution in [0.5, 0.6) is 5.75 Å². The molecule has 1 heterocycles. The summed E-state index contributed by atoms with van der Waals surface area (Å²) >= 11 is 6.17. The second-order valence-electron chi connectivity index (χ2n) is 7.45. The molecule has 0 unspecified atom stereocenters. The fourth-order valence-corrected chi connectivity index (χ4v) is 2.88. The Morgan fingerprint density at radius 1 is 1.27 bits per heavy atom. The molecule has 0 amide bonds. The van der Waals surface area contributed by atoms with Crippen LogP contribution in [0.15, 0.2) is 42.6 Å². The number of carboxylic acids is 1. The van der Waals surface area contributed by atoms with Crippen LogP contribution in [0, 0.1) is 5.41 Å². The largest absolute Gasteiger partial charge is 0.493 e. The average molecular weight is 373 g/mol. The summed E-state index contributed by atoms with van der Waals surface area (Å²) in [5.74, 6) is -0.213. The van der Waals surface area contributed by atoms with Gasteiger partial charge in [-0.1, -0.05) is 38.4 Å². The first kappa shape index (κ1) is 18.3. The van der Waals surface area contributed by atoms with E-state index in [9.17, 15) is 9.90 Å². The molecule has 0 fully saturated rings. The molecule has 3 aromatic rings. The number of benzene rings is 2. The zero-order valence-electron chi connectivity index (χ0n) is 15.0. The number of nitrogens with zero attached hydrogens (tertiary/aromatic N) is 2. The molecule has 1 N–H and O–H groups in total. The van der Waals surface area contributed by atoms with Gasteiger partial charge in [0, 0.05) is 16.0 Å². The summed E-state index contributed by atoms with van der Waals surface area (Å²) in [6.45, 7) is 7.34. The molecule has 0 saturated heterocycles. The standard InChI is InChI=1S/C20H21ClN2O3/c1-20(2,3)12-26-18-8-7-14(21)9-13(18)11-23-17-6-4-5-15(19(24)25)16(17)10-22-23/h4-10H,11-12H2,1-3H3,(H,24,25). The zero-order valence-corrected chi connectivity index (χ0v) is 15.7. The Labute approximate surface area is 157 Å². The summed E-state index contributed by atoms with van der Waals surface area (Å²) in [5, 5.41) is 14.9. The van der Waals surface area contributed by atoms with Gasteiger partial charge < -0.3 is 9.84 Å². The number of aromatic nitrogens is 2. The molecule has 0 radical (unpaired) electrons. The number of carboxylic acid groups (broad SMARTS) is 1. The van der Waals surface area contributed by atoms with Gasteiger partial charge in [-0.15, -0.1) is 0 Å². The third kappa shape index (κ3) is 3.99. The summed E-state index contributed by atoms with van der Waals surface area (Å²) in [5.41, 5.74) is 1.93. The van der Waals surface area contributed by atoms with Crippen LogP contribution < -0.4 is 4.74 Å². The maximum atomic E-state index is 11.4. The Morgan fingerprint density at radius 3 is 2.73 bits per heavy atom. The molecule has 6 heteroatoms. The fourth-order valence-electron chi connectivity index (χ4n) is 2.68. The molecule has 5 nitrogen and oxygen atoms in total. The Hall–Kier alpha value is -2.53. The Bertz CT molecular complexity index is 957. The summed E-state index contributed by atoms with van der Waals surface area (Å²) in [4.78, 5) is 11.4. The van der Waals surface area contributed by atoms with E-state index in [0.717, 1.165) is 16.8 Å². The van der Waals surface area contributed by atoms with Gasteiger partial charge in [-0.05, 0) is 35.7 Å². The van der Waals surface area contributed by atoms with Crippen LogP contribution in [0.1, 0.15) is 36.7 Å². The minimum Gasteiger partial charge on any atom is -0.493 e. The number of rotatable bonds is 5. The van der Waals surface area contributed by atoms with E-state index < -0.39 is 5.97 Å². The summed E-state index contributed by atoms with van der Waals surface area (Å²) in [6, 6.07) is 10.7. The predicted octanol–water partition coefficient (Wildman–Crippen LogP) is 4.86. The molecule has 0 aliphatic rings. The zero-order chi connectivity index (χ0) is 18.9. The first-order chi connectivity index (χ1) is 12.2. The van der Waals surface area contributed by atoms with E-state index in [4.69, 9.17) is 16.3 Å². The van der Waals surface area contributed by atoms with E-state index in [1.807, 2.05) is 18.2 Å². The average Bonchev–Trinajstić information content (AvgIpc) is 2.96. The van der Waals surface area contributed by atoms with E-state index in [1.165, 1.54) is 0 Å². The first-order valence-corrected chi connectivity index (χ1v) is 8.71. The van der Waals surface area contributed by atoms with E-state index >= 15 is 0 Å². The SMILES string of the molecule is CC(C)(C)COc1ccc(Cl)cc1Cn1ncc2c(C(=O)O)cccc21. The van der Waals surface area contributed by atoms with Crippen molar-refractivity contribution in [2.75, 3.05) is 6.61 Å². The smallest absolute Gasteiger partial charge is 0.336 e. The lowest BCUT2D eigenvalue weighted by atomic mass is 9.98. The number of halogens is 1. The second kappa shape index (κ2) is 7.00. The normalized spacial score (nSPS) is 11.7. The number of hydrogen-bond acceptors (Lipinski definition) is 3. The molecule has 136 valence electrons. The molecule has 0 spiro atoms. The lowest BCUT2D eigenvalue weighted by Gasteiger charge is -2.20. The lowest BCUT2D eigenvalue weighted by molar-refractivity contribution is 0.0699. The third-order valence-electron chi connectivity index (χ3n) is 3.92. The van der Waals surface area contributed by atoms with E-state index in [2.05, 4.69) is 25.9 Å². The van der Waals surface area contributed by atoms with Crippen LogP contribution in [0.2, 0.25) is 5.02 Å². The van der Waals surface area contributed by atoms with E-state index in [0.29, 0.717) is 23.6 Å². The number of aromatic carboxylic acids is 1. The van der Waals surface area contributed by atoms with Crippen molar-refractivity contribution >= 4 is 28.5 Å². The topological polar surface area (TPSA) is 64.4 Å². The van der Waals surface area contributed by atoms with Crippen molar-refractivity contribution in [3.63, 3.8) is 0 Å². The van der Waals surface area contributed by atoms with E-state index in [-0.39, 0.29) is 11.0 Å². The lowest BCUT2D eigenvalue weighted by Crippen LogP contribution is -2.17. The summed E-state index contributed by atoms with van der Waals surface area (Å²) < 4.78 is 7.75. The maximum Gasteiger partial charge on any atom is 0.336 e. The first-order valence-electron chi connectivity index (χ1n) is 8.34. The van der Waals surface area contributed by atoms with E-state index in [1.54, 1.807) is 29.1 Å². The number of fused-ring (bicyclic) bond motifs is 1. The molecule has 0 bridgehead atoms. The monoisotopic (exact) mass is 372 g/mol. The highest BCUT2D eigenvalue weighted by Crippen LogP contribution is 2.27. The van der Waals surface area contributed by atoms with Crippen molar-refractivity contribution in [2.45, 2.75) is 27.3 Å². The highest BCUT2D eigenvalue weighted by molar-refractivity contribution is 6.30. The Kier molecular flexibility index (Phi) is 4.92. The molecular formula is C20H21ClN2O3. The van der Waals surface area contributed by atoms with Crippen LogP contribution in [0.4, 0.5) is 0 Å². The van der Waals surface area contributed by atoms with Crippen molar-refractivity contribution in [3.8, 4) is 5.75 Å². The minimum atomic E-state index is -0.966. The fraction of sp³-hybridized carbons (Fsp3) is 0.300. The predicted molar refractivity (Wildman–Crippen MR) is 102 cm³/mol. The number of carbonyl (C=O) groups is 1. The van der Waals surface area contributed by atoms with Crippen LogP contribution in [0.3, 0.4) is 0 Å². The summed E-state index contributed by atoms with van der Waals surface area (Å²) in [7, 11) is 0. The maximum absolute atomic E-state index is 11.4. The molecule has 3 rings (SSSR count). The third-order valence-corrected chi connectivity index (χ3v) is 4.16. The van der Waals surface area contributed by atoms with Gasteiger partial charge in [-0.25, -0.2) is 4.79 Å².